The van der Waals surface area contributed by atoms with Crippen LogP contribution in [0.4, 0.5) is 4.70 Å². The molecule has 0 bridgehead atoms. The van der Waals surface area contributed by atoms with Gasteiger partial charge in [0.25, 0.3) is 10.1 Å². The molecule has 0 aromatic carbocycles. The van der Waals surface area contributed by atoms with Crippen molar-refractivity contribution in [3.63, 3.8) is 0 Å². The maximum absolute atomic E-state index is 9.19. The van der Waals surface area contributed by atoms with Gasteiger partial charge in [-0.05, 0) is 0 Å². The van der Waals surface area contributed by atoms with Crippen molar-refractivity contribution in [2.45, 2.75) is 0 Å². The fourth-order valence-electron chi connectivity index (χ4n) is 0. The first kappa shape index (κ1) is 15.7. The van der Waals surface area contributed by atoms with Crippen molar-refractivity contribution in [2.75, 3.05) is 6.26 Å². The van der Waals surface area contributed by atoms with Gasteiger partial charge in [0.15, 0.2) is 0 Å². The van der Waals surface area contributed by atoms with Gasteiger partial charge < -0.3 is 0 Å². The summed E-state index contributed by atoms with van der Waals surface area (Å²) in [5, 5.41) is 0. The van der Waals surface area contributed by atoms with E-state index in [2.05, 4.69) is 0 Å². The Kier molecular flexibility index (Phi) is 11.9. The van der Waals surface area contributed by atoms with Crippen molar-refractivity contribution >= 4 is 10.1 Å². The molecule has 0 saturated carbocycles. The molecule has 0 aromatic heterocycles. The third-order valence-corrected chi connectivity index (χ3v) is 0. The molecule has 0 aliphatic carbocycles. The van der Waals surface area contributed by atoms with Crippen LogP contribution >= 0.6 is 0 Å². The Labute approximate surface area is 73.7 Å². The molecule has 0 unspecified atom stereocenters. The second-order valence-electron chi connectivity index (χ2n) is 0.733. The molecule has 7 heavy (non-hydrogen) atoms. The molecule has 0 amide bonds. The summed E-state index contributed by atoms with van der Waals surface area (Å²) in [5.74, 6) is 0. The van der Waals surface area contributed by atoms with Crippen LogP contribution in [-0.4, -0.2) is 19.2 Å². The van der Waals surface area contributed by atoms with Gasteiger partial charge in [0, 0.05) is 45.1 Å². The van der Waals surface area contributed by atoms with Crippen LogP contribution in [0.2, 0.25) is 0 Å². The van der Waals surface area contributed by atoms with E-state index in [1.165, 1.54) is 0 Å². The summed E-state index contributed by atoms with van der Waals surface area (Å²) >= 11 is 0. The quantitative estimate of drug-likeness (QED) is 0.624. The third kappa shape index (κ3) is 139. The maximum atomic E-state index is 9.19. The molecular weight excluding hydrogens is 261 g/mol. The molecule has 6 heteroatoms. The molecule has 0 rings (SSSR count). The molecule has 0 atom stereocenters. The van der Waals surface area contributed by atoms with E-state index in [1.54, 1.807) is 0 Å². The van der Waals surface area contributed by atoms with Gasteiger partial charge in [-0.25, -0.2) is 0 Å². The average Bonchev–Trinajstić information content (AvgIpc) is 0.722. The molecule has 0 aliphatic heterocycles. The van der Waals surface area contributed by atoms with Crippen LogP contribution in [0.15, 0.2) is 0 Å². The van der Waals surface area contributed by atoms with Crippen LogP contribution in [0.5, 0.6) is 0 Å². The Balaban J connectivity index is -0.0000000800. The van der Waals surface area contributed by atoms with E-state index < -0.39 is 10.1 Å². The third-order valence-electron chi connectivity index (χ3n) is 0. The molecule has 3 nitrogen and oxygen atoms in total. The summed E-state index contributed by atoms with van der Waals surface area (Å²) in [5.41, 5.74) is 0. The van der Waals surface area contributed by atoms with Gasteiger partial charge in [0.1, 0.15) is 0 Å². The number of hydrogen-bond donors (Lipinski definition) is 1. The molecule has 0 spiro atoms. The topological polar surface area (TPSA) is 54.4 Å². The van der Waals surface area contributed by atoms with Crippen LogP contribution in [0.25, 0.3) is 0 Å². The van der Waals surface area contributed by atoms with E-state index in [1.807, 2.05) is 0 Å². The Morgan fingerprint density at radius 1 is 1.43 bits per heavy atom. The van der Waals surface area contributed by atoms with E-state index in [4.69, 9.17) is 4.55 Å². The van der Waals surface area contributed by atoms with Crippen molar-refractivity contribution < 1.29 is 58.1 Å². The van der Waals surface area contributed by atoms with Crippen LogP contribution < -0.4 is 0 Å². The molecule has 1 radical (unpaired) electrons. The first-order valence-corrected chi connectivity index (χ1v) is 2.77. The fourth-order valence-corrected chi connectivity index (χ4v) is 0. The average molecular weight is 265 g/mol. The van der Waals surface area contributed by atoms with Crippen molar-refractivity contribution in [1.82, 2.24) is 0 Å². The van der Waals surface area contributed by atoms with Crippen molar-refractivity contribution in [3.05, 3.63) is 0 Å². The number of rotatable bonds is 0. The first-order valence-electron chi connectivity index (χ1n) is 0.924. The van der Waals surface area contributed by atoms with Crippen molar-refractivity contribution in [2.24, 2.45) is 0 Å². The maximum Gasteiger partial charge on any atom is 0.261 e. The normalized spacial score (nSPS) is 8.29. The van der Waals surface area contributed by atoms with E-state index >= 15 is 0 Å². The Bertz CT molecular complexity index is 98.1. The Morgan fingerprint density at radius 2 is 1.43 bits per heavy atom. The van der Waals surface area contributed by atoms with Crippen LogP contribution in [0.1, 0.15) is 0 Å². The van der Waals surface area contributed by atoms with E-state index in [0.717, 1.165) is 0 Å². The standard InChI is InChI=1S/CH4O3S.F.Sm/c1-5(2,3)4;;/h1H3,(H,2,3,4);;. The zero-order valence-corrected chi connectivity index (χ0v) is 6.89. The van der Waals surface area contributed by atoms with E-state index in [-0.39, 0.29) is 45.1 Å². The van der Waals surface area contributed by atoms with E-state index in [9.17, 15) is 8.42 Å². The molecule has 1 N–H and O–H groups in total. The zero-order valence-electron chi connectivity index (χ0n) is 3.46. The van der Waals surface area contributed by atoms with Crippen molar-refractivity contribution in [3.8, 4) is 0 Å². The monoisotopic (exact) mass is 267 g/mol. The van der Waals surface area contributed by atoms with E-state index in [0.29, 0.717) is 6.26 Å². The minimum absolute atomic E-state index is 0. The Hall–Kier alpha value is 1.18. The van der Waals surface area contributed by atoms with Crippen LogP contribution in [0.3, 0.4) is 0 Å². The summed E-state index contributed by atoms with van der Waals surface area (Å²) in [4.78, 5) is 0. The molecule has 0 aliphatic rings. The summed E-state index contributed by atoms with van der Waals surface area (Å²) < 4.78 is 25.9. The molecule has 0 heterocycles. The van der Waals surface area contributed by atoms with Crippen LogP contribution in [0, 0.1) is 40.4 Å². The van der Waals surface area contributed by atoms with Crippen molar-refractivity contribution in [1.29, 1.82) is 0 Å². The summed E-state index contributed by atoms with van der Waals surface area (Å²) in [6.07, 6.45) is 0.715. The predicted octanol–water partition coefficient (Wildman–Crippen LogP) is -0.0758. The van der Waals surface area contributed by atoms with Gasteiger partial charge >= 0.3 is 0 Å². The van der Waals surface area contributed by atoms with Crippen LogP contribution in [-0.2, 0) is 10.1 Å². The smallest absolute Gasteiger partial charge is 0.261 e. The van der Waals surface area contributed by atoms with Gasteiger partial charge in [-0.1, -0.05) is 0 Å². The fraction of sp³-hybridized carbons (Fsp3) is 1.00. The largest absolute Gasteiger partial charge is 0.286 e. The first-order chi connectivity index (χ1) is 2.00. The van der Waals surface area contributed by atoms with Gasteiger partial charge in [0.2, 0.25) is 0 Å². The number of hydrogen-bond acceptors (Lipinski definition) is 2. The van der Waals surface area contributed by atoms with Gasteiger partial charge in [-0.3, -0.25) is 4.55 Å². The molecular formula is CH4FO3SSm. The summed E-state index contributed by atoms with van der Waals surface area (Å²) in [6, 6.07) is 0. The Morgan fingerprint density at radius 3 is 1.43 bits per heavy atom. The predicted molar refractivity (Wildman–Crippen MR) is 18.6 cm³/mol. The molecule has 0 aromatic rings. The summed E-state index contributed by atoms with van der Waals surface area (Å²) in [6.45, 7) is 0. The molecule has 45 valence electrons. The minimum atomic E-state index is -3.67. The van der Waals surface area contributed by atoms with Gasteiger partial charge in [-0.15, -0.1) is 0 Å². The second kappa shape index (κ2) is 5.32. The molecule has 0 saturated heterocycles. The summed E-state index contributed by atoms with van der Waals surface area (Å²) in [7, 11) is -3.67. The van der Waals surface area contributed by atoms with Gasteiger partial charge in [0.05, 0.1) is 6.26 Å². The number of halogens is 1. The van der Waals surface area contributed by atoms with Gasteiger partial charge in [-0.2, -0.15) is 8.42 Å². The SMILES string of the molecule is CS(=O)(=O)O.[F].[Sm]. The molecule has 0 fully saturated rings. The zero-order chi connectivity index (χ0) is 4.50. The second-order valence-corrected chi connectivity index (χ2v) is 2.20. The minimum Gasteiger partial charge on any atom is -0.286 e.